The van der Waals surface area contributed by atoms with E-state index in [-0.39, 0.29) is 16.7 Å². The highest BCUT2D eigenvalue weighted by atomic mass is 19.2. The summed E-state index contributed by atoms with van der Waals surface area (Å²) in [7, 11) is 0. The maximum atomic E-state index is 13.7. The van der Waals surface area contributed by atoms with Crippen LogP contribution in [0.25, 0.3) is 11.0 Å². The van der Waals surface area contributed by atoms with Gasteiger partial charge in [0.25, 0.3) is 5.91 Å². The molecule has 20 heavy (non-hydrogen) atoms. The molecule has 3 aromatic rings. The van der Waals surface area contributed by atoms with Crippen LogP contribution in [-0.4, -0.2) is 20.9 Å². The molecule has 5 nitrogen and oxygen atoms in total. The van der Waals surface area contributed by atoms with Crippen molar-refractivity contribution in [1.82, 2.24) is 15.0 Å². The Morgan fingerprint density at radius 1 is 1.30 bits per heavy atom. The predicted molar refractivity (Wildman–Crippen MR) is 68.2 cm³/mol. The first-order chi connectivity index (χ1) is 9.66. The molecule has 3 rings (SSSR count). The molecule has 0 fully saturated rings. The molecule has 1 amide bonds. The van der Waals surface area contributed by atoms with Gasteiger partial charge in [0.05, 0.1) is 22.8 Å². The Balaban J connectivity index is 2.00. The summed E-state index contributed by atoms with van der Waals surface area (Å²) in [5.74, 6) is -2.60. The van der Waals surface area contributed by atoms with Crippen molar-refractivity contribution in [3.8, 4) is 0 Å². The van der Waals surface area contributed by atoms with E-state index < -0.39 is 17.5 Å². The van der Waals surface area contributed by atoms with Gasteiger partial charge in [-0.3, -0.25) is 9.78 Å². The second-order valence-electron chi connectivity index (χ2n) is 4.04. The van der Waals surface area contributed by atoms with Crippen LogP contribution in [0.2, 0.25) is 0 Å². The number of halogens is 2. The monoisotopic (exact) mass is 274 g/mol. The third-order valence-corrected chi connectivity index (χ3v) is 2.77. The van der Waals surface area contributed by atoms with Crippen molar-refractivity contribution in [3.63, 3.8) is 0 Å². The quantitative estimate of drug-likeness (QED) is 0.754. The van der Waals surface area contributed by atoms with E-state index in [1.807, 2.05) is 0 Å². The number of hydrogen-bond donors (Lipinski definition) is 2. The van der Waals surface area contributed by atoms with E-state index in [2.05, 4.69) is 20.3 Å². The highest BCUT2D eigenvalue weighted by Crippen LogP contribution is 2.26. The number of aromatic amines is 1. The van der Waals surface area contributed by atoms with Crippen LogP contribution < -0.4 is 5.32 Å². The highest BCUT2D eigenvalue weighted by molar-refractivity contribution is 6.08. The van der Waals surface area contributed by atoms with Crippen LogP contribution in [0.4, 0.5) is 14.5 Å². The van der Waals surface area contributed by atoms with Gasteiger partial charge in [-0.2, -0.15) is 0 Å². The number of nitrogens with zero attached hydrogens (tertiary/aromatic N) is 2. The first kappa shape index (κ1) is 12.2. The fraction of sp³-hybridized carbons (Fsp3) is 0. The summed E-state index contributed by atoms with van der Waals surface area (Å²) in [6, 6.07) is 3.16. The zero-order chi connectivity index (χ0) is 14.1. The van der Waals surface area contributed by atoms with Gasteiger partial charge in [0.1, 0.15) is 5.65 Å². The minimum absolute atomic E-state index is 0.0951. The lowest BCUT2D eigenvalue weighted by Gasteiger charge is -2.03. The average Bonchev–Trinajstić information content (AvgIpc) is 2.87. The number of pyridine rings is 2. The molecule has 0 unspecified atom stereocenters. The first-order valence-corrected chi connectivity index (χ1v) is 5.69. The molecule has 3 heterocycles. The third-order valence-electron chi connectivity index (χ3n) is 2.77. The van der Waals surface area contributed by atoms with Crippen molar-refractivity contribution in [3.05, 3.63) is 54.1 Å². The lowest BCUT2D eigenvalue weighted by atomic mass is 10.2. The number of nitrogens with one attached hydrogen (secondary N) is 2. The maximum absolute atomic E-state index is 13.7. The van der Waals surface area contributed by atoms with E-state index in [9.17, 15) is 13.6 Å². The molecule has 0 aliphatic carbocycles. The van der Waals surface area contributed by atoms with Gasteiger partial charge in [-0.15, -0.1) is 0 Å². The Morgan fingerprint density at radius 2 is 2.15 bits per heavy atom. The standard InChI is InChI=1S/C13H8F2N4O/c14-8-5-17-12-10(11(8)15)9(6-18-12)19-13(20)7-2-1-3-16-4-7/h1-6H,(H,17,18)(H,19,20). The summed E-state index contributed by atoms with van der Waals surface area (Å²) in [4.78, 5) is 22.1. The van der Waals surface area contributed by atoms with Gasteiger partial charge in [0.2, 0.25) is 0 Å². The summed E-state index contributed by atoms with van der Waals surface area (Å²) < 4.78 is 26.9. The van der Waals surface area contributed by atoms with Gasteiger partial charge >= 0.3 is 0 Å². The van der Waals surface area contributed by atoms with Crippen LogP contribution in [0.3, 0.4) is 0 Å². The number of amides is 1. The number of carbonyl (C=O) groups excluding carboxylic acids is 1. The second-order valence-corrected chi connectivity index (χ2v) is 4.04. The smallest absolute Gasteiger partial charge is 0.257 e. The fourth-order valence-corrected chi connectivity index (χ4v) is 1.82. The molecule has 7 heteroatoms. The number of carbonyl (C=O) groups is 1. The predicted octanol–water partition coefficient (Wildman–Crippen LogP) is 2.49. The lowest BCUT2D eigenvalue weighted by molar-refractivity contribution is 0.102. The zero-order valence-electron chi connectivity index (χ0n) is 10.0. The molecule has 0 atom stereocenters. The van der Waals surface area contributed by atoms with E-state index in [4.69, 9.17) is 0 Å². The van der Waals surface area contributed by atoms with E-state index in [1.165, 1.54) is 18.6 Å². The minimum atomic E-state index is -1.08. The molecule has 0 saturated carbocycles. The Hall–Kier alpha value is -2.83. The summed E-state index contributed by atoms with van der Waals surface area (Å²) in [5.41, 5.74) is 0.593. The molecular weight excluding hydrogens is 266 g/mol. The molecular formula is C13H8F2N4O. The summed E-state index contributed by atoms with van der Waals surface area (Å²) >= 11 is 0. The van der Waals surface area contributed by atoms with Gasteiger partial charge in [0, 0.05) is 18.6 Å². The van der Waals surface area contributed by atoms with Crippen LogP contribution >= 0.6 is 0 Å². The van der Waals surface area contributed by atoms with Gasteiger partial charge in [-0.1, -0.05) is 0 Å². The summed E-state index contributed by atoms with van der Waals surface area (Å²) in [5, 5.41) is 2.40. The Kier molecular flexibility index (Phi) is 2.86. The summed E-state index contributed by atoms with van der Waals surface area (Å²) in [6.45, 7) is 0. The minimum Gasteiger partial charge on any atom is -0.344 e. The van der Waals surface area contributed by atoms with Crippen LogP contribution in [0.5, 0.6) is 0 Å². The fourth-order valence-electron chi connectivity index (χ4n) is 1.82. The van der Waals surface area contributed by atoms with Gasteiger partial charge < -0.3 is 10.3 Å². The Morgan fingerprint density at radius 3 is 2.90 bits per heavy atom. The van der Waals surface area contributed by atoms with E-state index in [0.29, 0.717) is 5.56 Å². The largest absolute Gasteiger partial charge is 0.344 e. The van der Waals surface area contributed by atoms with Gasteiger partial charge in [-0.25, -0.2) is 13.8 Å². The van der Waals surface area contributed by atoms with E-state index in [0.717, 1.165) is 6.20 Å². The van der Waals surface area contributed by atoms with E-state index >= 15 is 0 Å². The number of anilines is 1. The molecule has 100 valence electrons. The number of rotatable bonds is 2. The van der Waals surface area contributed by atoms with Crippen molar-refractivity contribution in [1.29, 1.82) is 0 Å². The lowest BCUT2D eigenvalue weighted by Crippen LogP contribution is -2.12. The zero-order valence-corrected chi connectivity index (χ0v) is 10.0. The number of fused-ring (bicyclic) bond motifs is 1. The molecule has 0 aliphatic heterocycles. The molecule has 0 bridgehead atoms. The third kappa shape index (κ3) is 1.99. The molecule has 3 aromatic heterocycles. The maximum Gasteiger partial charge on any atom is 0.257 e. The van der Waals surface area contributed by atoms with Crippen LogP contribution in [0.15, 0.2) is 36.9 Å². The summed E-state index contributed by atoms with van der Waals surface area (Å²) in [6.07, 6.45) is 5.04. The molecule has 0 spiro atoms. The molecule has 2 N–H and O–H groups in total. The SMILES string of the molecule is O=C(Nc1c[nH]c2ncc(F)c(F)c12)c1cccnc1. The van der Waals surface area contributed by atoms with Crippen molar-refractivity contribution >= 4 is 22.6 Å². The highest BCUT2D eigenvalue weighted by Gasteiger charge is 2.16. The number of H-pyrrole nitrogens is 1. The number of aromatic nitrogens is 3. The Bertz CT molecular complexity index is 786. The first-order valence-electron chi connectivity index (χ1n) is 5.69. The van der Waals surface area contributed by atoms with Crippen molar-refractivity contribution in [2.24, 2.45) is 0 Å². The molecule has 0 aromatic carbocycles. The topological polar surface area (TPSA) is 70.7 Å². The second kappa shape index (κ2) is 4.69. The van der Waals surface area contributed by atoms with E-state index in [1.54, 1.807) is 12.1 Å². The average molecular weight is 274 g/mol. The molecule has 0 saturated heterocycles. The van der Waals surface area contributed by atoms with Crippen LogP contribution in [0, 0.1) is 11.6 Å². The molecule has 0 radical (unpaired) electrons. The van der Waals surface area contributed by atoms with Gasteiger partial charge in [0.15, 0.2) is 11.6 Å². The van der Waals surface area contributed by atoms with Crippen molar-refractivity contribution in [2.45, 2.75) is 0 Å². The van der Waals surface area contributed by atoms with Crippen molar-refractivity contribution < 1.29 is 13.6 Å². The molecule has 0 aliphatic rings. The number of hydrogen-bond acceptors (Lipinski definition) is 3. The van der Waals surface area contributed by atoms with Gasteiger partial charge in [-0.05, 0) is 12.1 Å². The normalized spacial score (nSPS) is 10.7. The Labute approximate surface area is 111 Å². The van der Waals surface area contributed by atoms with Crippen molar-refractivity contribution in [2.75, 3.05) is 5.32 Å². The van der Waals surface area contributed by atoms with Crippen LogP contribution in [-0.2, 0) is 0 Å². The van der Waals surface area contributed by atoms with Crippen LogP contribution in [0.1, 0.15) is 10.4 Å².